The fourth-order valence-electron chi connectivity index (χ4n) is 3.05. The topological polar surface area (TPSA) is 112 Å². The number of rotatable bonds is 5. The van der Waals surface area contributed by atoms with Crippen molar-refractivity contribution < 1.29 is 14.6 Å². The lowest BCUT2D eigenvalue weighted by atomic mass is 10.1. The van der Waals surface area contributed by atoms with Gasteiger partial charge in [-0.25, -0.2) is 0 Å². The van der Waals surface area contributed by atoms with Crippen molar-refractivity contribution in [3.8, 4) is 22.8 Å². The number of hydrogen-bond donors (Lipinski definition) is 4. The van der Waals surface area contributed by atoms with Gasteiger partial charge in [0.25, 0.3) is 5.91 Å². The van der Waals surface area contributed by atoms with Crippen LogP contribution in [0.25, 0.3) is 22.2 Å². The summed E-state index contributed by atoms with van der Waals surface area (Å²) in [5, 5.41) is 16.0. The summed E-state index contributed by atoms with van der Waals surface area (Å²) in [6.45, 7) is 0. The minimum atomic E-state index is -0.149. The normalized spacial score (nSPS) is 10.7. The number of phenols is 1. The number of aromatic amines is 1. The first-order valence-corrected chi connectivity index (χ1v) is 8.90. The van der Waals surface area contributed by atoms with Crippen LogP contribution in [-0.4, -0.2) is 40.1 Å². The second kappa shape index (κ2) is 7.51. The Morgan fingerprint density at radius 1 is 1.07 bits per heavy atom. The van der Waals surface area contributed by atoms with Crippen molar-refractivity contribution in [2.24, 2.45) is 0 Å². The van der Waals surface area contributed by atoms with Gasteiger partial charge in [0.1, 0.15) is 11.4 Å². The number of carbonyl (C=O) groups is 1. The van der Waals surface area contributed by atoms with Crippen LogP contribution < -0.4 is 15.4 Å². The Kier molecular flexibility index (Phi) is 4.74. The molecule has 0 aliphatic heterocycles. The highest BCUT2D eigenvalue weighted by Gasteiger charge is 2.16. The number of nitrogens with zero attached hydrogens (tertiary/aromatic N) is 2. The Balaban J connectivity index is 1.68. The Morgan fingerprint density at radius 2 is 1.79 bits per heavy atom. The van der Waals surface area contributed by atoms with Crippen molar-refractivity contribution in [3.05, 3.63) is 60.3 Å². The fraction of sp³-hybridized carbons (Fsp3) is 0.0952. The molecule has 0 radical (unpaired) electrons. The van der Waals surface area contributed by atoms with E-state index >= 15 is 0 Å². The quantitative estimate of drug-likeness (QED) is 0.416. The SMILES string of the molecule is CNC(=O)c1ccc(Nc2nc(OC)c3c(-c4ccc(O)cc4)c[nH]c3n2)cc1. The van der Waals surface area contributed by atoms with Crippen molar-refractivity contribution >= 4 is 28.6 Å². The molecule has 0 unspecified atom stereocenters. The zero-order valence-electron chi connectivity index (χ0n) is 15.9. The maximum Gasteiger partial charge on any atom is 0.251 e. The second-order valence-electron chi connectivity index (χ2n) is 6.31. The first-order chi connectivity index (χ1) is 14.1. The van der Waals surface area contributed by atoms with E-state index in [0.29, 0.717) is 23.0 Å². The van der Waals surface area contributed by atoms with Gasteiger partial charge in [0.15, 0.2) is 0 Å². The van der Waals surface area contributed by atoms with Gasteiger partial charge in [0.2, 0.25) is 11.8 Å². The summed E-state index contributed by atoms with van der Waals surface area (Å²) in [5.41, 5.74) is 3.70. The molecule has 2 heterocycles. The maximum atomic E-state index is 11.7. The number of aromatic nitrogens is 3. The molecule has 8 nitrogen and oxygen atoms in total. The van der Waals surface area contributed by atoms with Gasteiger partial charge in [-0.1, -0.05) is 12.1 Å². The van der Waals surface area contributed by atoms with Gasteiger partial charge in [-0.15, -0.1) is 0 Å². The average molecular weight is 389 g/mol. The van der Waals surface area contributed by atoms with E-state index in [0.717, 1.165) is 22.2 Å². The van der Waals surface area contributed by atoms with Crippen LogP contribution in [0.2, 0.25) is 0 Å². The molecule has 8 heteroatoms. The molecule has 4 N–H and O–H groups in total. The fourth-order valence-corrected chi connectivity index (χ4v) is 3.05. The van der Waals surface area contributed by atoms with Crippen LogP contribution >= 0.6 is 0 Å². The molecule has 0 spiro atoms. The lowest BCUT2D eigenvalue weighted by molar-refractivity contribution is 0.0963. The molecule has 0 fully saturated rings. The molecule has 0 saturated heterocycles. The van der Waals surface area contributed by atoms with Crippen molar-refractivity contribution in [3.63, 3.8) is 0 Å². The Hall–Kier alpha value is -4.07. The summed E-state index contributed by atoms with van der Waals surface area (Å²) >= 11 is 0. The molecule has 2 aromatic heterocycles. The molecule has 4 rings (SSSR count). The van der Waals surface area contributed by atoms with Gasteiger partial charge in [0.05, 0.1) is 12.5 Å². The first-order valence-electron chi connectivity index (χ1n) is 8.90. The highest BCUT2D eigenvalue weighted by Crippen LogP contribution is 2.35. The van der Waals surface area contributed by atoms with Crippen LogP contribution in [0.4, 0.5) is 11.6 Å². The minimum Gasteiger partial charge on any atom is -0.508 e. The molecule has 4 aromatic rings. The molecule has 29 heavy (non-hydrogen) atoms. The van der Waals surface area contributed by atoms with Gasteiger partial charge in [-0.2, -0.15) is 9.97 Å². The number of aromatic hydroxyl groups is 1. The van der Waals surface area contributed by atoms with E-state index in [2.05, 4.69) is 25.6 Å². The lowest BCUT2D eigenvalue weighted by Crippen LogP contribution is -2.17. The number of anilines is 2. The molecular weight excluding hydrogens is 370 g/mol. The van der Waals surface area contributed by atoms with Gasteiger partial charge in [-0.05, 0) is 42.0 Å². The number of methoxy groups -OCH3 is 1. The highest BCUT2D eigenvalue weighted by atomic mass is 16.5. The molecule has 2 aromatic carbocycles. The Bertz CT molecular complexity index is 1170. The van der Waals surface area contributed by atoms with Crippen molar-refractivity contribution in [1.82, 2.24) is 20.3 Å². The van der Waals surface area contributed by atoms with Crippen LogP contribution in [0.1, 0.15) is 10.4 Å². The standard InChI is InChI=1S/C21H19N5O3/c1-22-19(28)13-3-7-14(8-4-13)24-21-25-18-17(20(26-21)29-2)16(11-23-18)12-5-9-15(27)10-6-12/h3-11,27H,1-2H3,(H,22,28)(H2,23,24,25,26). The zero-order valence-corrected chi connectivity index (χ0v) is 15.9. The summed E-state index contributed by atoms with van der Waals surface area (Å²) in [7, 11) is 3.14. The number of carbonyl (C=O) groups excluding carboxylic acids is 1. The molecule has 0 bridgehead atoms. The summed E-state index contributed by atoms with van der Waals surface area (Å²) in [6.07, 6.45) is 1.83. The Morgan fingerprint density at radius 3 is 2.45 bits per heavy atom. The van der Waals surface area contributed by atoms with Crippen LogP contribution in [0.15, 0.2) is 54.7 Å². The molecule has 1 amide bonds. The smallest absolute Gasteiger partial charge is 0.251 e. The van der Waals surface area contributed by atoms with E-state index in [1.807, 2.05) is 18.3 Å². The predicted molar refractivity (Wildman–Crippen MR) is 111 cm³/mol. The minimum absolute atomic E-state index is 0.149. The van der Waals surface area contributed by atoms with E-state index in [1.54, 1.807) is 50.6 Å². The number of phenolic OH excluding ortho intramolecular Hbond substituents is 1. The molecule has 146 valence electrons. The van der Waals surface area contributed by atoms with Crippen LogP contribution in [0, 0.1) is 0 Å². The highest BCUT2D eigenvalue weighted by molar-refractivity contribution is 5.98. The molecule has 0 saturated carbocycles. The molecule has 0 aliphatic carbocycles. The van der Waals surface area contributed by atoms with E-state index in [9.17, 15) is 9.90 Å². The summed E-state index contributed by atoms with van der Waals surface area (Å²) in [6, 6.07) is 13.9. The van der Waals surface area contributed by atoms with Gasteiger partial charge in [0, 0.05) is 30.1 Å². The average Bonchev–Trinajstić information content (AvgIpc) is 3.17. The van der Waals surface area contributed by atoms with E-state index in [4.69, 9.17) is 4.74 Å². The van der Waals surface area contributed by atoms with Crippen LogP contribution in [0.5, 0.6) is 11.6 Å². The van der Waals surface area contributed by atoms with Crippen molar-refractivity contribution in [2.75, 3.05) is 19.5 Å². The number of nitrogens with one attached hydrogen (secondary N) is 3. The summed E-state index contributed by atoms with van der Waals surface area (Å²) in [4.78, 5) is 23.8. The van der Waals surface area contributed by atoms with Gasteiger partial charge in [-0.3, -0.25) is 4.79 Å². The molecular formula is C21H19N5O3. The largest absolute Gasteiger partial charge is 0.508 e. The Labute approximate surface area is 166 Å². The van der Waals surface area contributed by atoms with Crippen LogP contribution in [-0.2, 0) is 0 Å². The molecule has 0 aliphatic rings. The van der Waals surface area contributed by atoms with Crippen LogP contribution in [0.3, 0.4) is 0 Å². The van der Waals surface area contributed by atoms with E-state index in [-0.39, 0.29) is 11.7 Å². The third kappa shape index (κ3) is 3.55. The van der Waals surface area contributed by atoms with Gasteiger partial charge < -0.3 is 25.5 Å². The number of hydrogen-bond acceptors (Lipinski definition) is 6. The zero-order chi connectivity index (χ0) is 20.4. The second-order valence-corrected chi connectivity index (χ2v) is 6.31. The lowest BCUT2D eigenvalue weighted by Gasteiger charge is -2.09. The molecule has 0 atom stereocenters. The summed E-state index contributed by atoms with van der Waals surface area (Å²) < 4.78 is 5.50. The number of benzene rings is 2. The summed E-state index contributed by atoms with van der Waals surface area (Å²) in [5.74, 6) is 0.833. The van der Waals surface area contributed by atoms with Crippen molar-refractivity contribution in [2.45, 2.75) is 0 Å². The first kappa shape index (κ1) is 18.3. The predicted octanol–water partition coefficient (Wildman–Crippen LogP) is 3.44. The van der Waals surface area contributed by atoms with Crippen molar-refractivity contribution in [1.29, 1.82) is 0 Å². The third-order valence-electron chi connectivity index (χ3n) is 4.50. The van der Waals surface area contributed by atoms with E-state index < -0.39 is 0 Å². The maximum absolute atomic E-state index is 11.7. The van der Waals surface area contributed by atoms with Gasteiger partial charge >= 0.3 is 0 Å². The monoisotopic (exact) mass is 389 g/mol. The van der Waals surface area contributed by atoms with E-state index in [1.165, 1.54) is 0 Å². The number of amides is 1. The third-order valence-corrected chi connectivity index (χ3v) is 4.50. The number of H-pyrrole nitrogens is 1. The number of ether oxygens (including phenoxy) is 1. The number of fused-ring (bicyclic) bond motifs is 1.